The molecule has 0 saturated heterocycles. The smallest absolute Gasteiger partial charge is 0.316 e. The maximum Gasteiger partial charge on any atom is 0.316 e. The zero-order chi connectivity index (χ0) is 11.4. The molecule has 0 bridgehead atoms. The van der Waals surface area contributed by atoms with E-state index in [-0.39, 0.29) is 0 Å². The lowest BCUT2D eigenvalue weighted by molar-refractivity contribution is -0.135. The zero-order valence-corrected chi connectivity index (χ0v) is 8.86. The third-order valence-corrected chi connectivity index (χ3v) is 2.09. The van der Waals surface area contributed by atoms with Gasteiger partial charge in [0, 0.05) is 12.2 Å². The van der Waals surface area contributed by atoms with Crippen molar-refractivity contribution >= 4 is 17.5 Å². The molecule has 4 heteroatoms. The molecule has 0 aliphatic carbocycles. The van der Waals surface area contributed by atoms with E-state index in [1.54, 1.807) is 13.0 Å². The molecule has 0 fully saturated rings. The summed E-state index contributed by atoms with van der Waals surface area (Å²) < 4.78 is 0. The fraction of sp³-hybridized carbons (Fsp3) is 0.273. The number of anilines is 1. The highest BCUT2D eigenvalue weighted by Crippen LogP contribution is 2.15. The predicted octanol–water partition coefficient (Wildman–Crippen LogP) is 0.833. The van der Waals surface area contributed by atoms with Crippen molar-refractivity contribution in [3.05, 3.63) is 29.8 Å². The normalized spacial score (nSPS) is 9.73. The van der Waals surface area contributed by atoms with Gasteiger partial charge in [0.05, 0.1) is 0 Å². The number of aryl methyl sites for hydroxylation is 1. The first kappa shape index (κ1) is 11.2. The lowest BCUT2D eigenvalue weighted by atomic mass is 10.2. The topological polar surface area (TPSA) is 63.4 Å². The molecule has 0 aliphatic heterocycles. The summed E-state index contributed by atoms with van der Waals surface area (Å²) in [6.07, 6.45) is 0. The number of rotatable bonds is 2. The van der Waals surface area contributed by atoms with Crippen molar-refractivity contribution in [2.75, 3.05) is 11.4 Å². The molecule has 4 nitrogen and oxygen atoms in total. The van der Waals surface area contributed by atoms with Gasteiger partial charge in [0.2, 0.25) is 0 Å². The number of hydrogen-bond donors (Lipinski definition) is 1. The first-order valence-electron chi connectivity index (χ1n) is 4.74. The maximum atomic E-state index is 11.4. The minimum atomic E-state index is -0.932. The van der Waals surface area contributed by atoms with Gasteiger partial charge >= 0.3 is 11.8 Å². The molecule has 0 radical (unpaired) electrons. The Hall–Kier alpha value is -1.84. The monoisotopic (exact) mass is 206 g/mol. The summed E-state index contributed by atoms with van der Waals surface area (Å²) in [5, 5.41) is 0. The van der Waals surface area contributed by atoms with Crippen molar-refractivity contribution in [3.63, 3.8) is 0 Å². The van der Waals surface area contributed by atoms with Gasteiger partial charge in [-0.15, -0.1) is 0 Å². The van der Waals surface area contributed by atoms with E-state index in [0.717, 1.165) is 5.56 Å². The van der Waals surface area contributed by atoms with Gasteiger partial charge in [-0.25, -0.2) is 0 Å². The molecule has 80 valence electrons. The van der Waals surface area contributed by atoms with Gasteiger partial charge in [-0.3, -0.25) is 9.59 Å². The fourth-order valence-electron chi connectivity index (χ4n) is 1.37. The van der Waals surface area contributed by atoms with Gasteiger partial charge in [0.25, 0.3) is 0 Å². The molecule has 0 unspecified atom stereocenters. The molecule has 0 aliphatic rings. The van der Waals surface area contributed by atoms with E-state index in [1.807, 2.05) is 25.1 Å². The molecule has 0 aromatic heterocycles. The van der Waals surface area contributed by atoms with Crippen LogP contribution in [0.1, 0.15) is 12.5 Å². The first-order chi connectivity index (χ1) is 7.06. The number of nitrogens with two attached hydrogens (primary N) is 1. The third kappa shape index (κ3) is 2.56. The Morgan fingerprint density at radius 1 is 1.40 bits per heavy atom. The van der Waals surface area contributed by atoms with Crippen LogP contribution in [0.15, 0.2) is 24.3 Å². The largest absolute Gasteiger partial charge is 0.361 e. The van der Waals surface area contributed by atoms with Crippen LogP contribution in [0.3, 0.4) is 0 Å². The van der Waals surface area contributed by atoms with Crippen molar-refractivity contribution in [1.82, 2.24) is 0 Å². The summed E-state index contributed by atoms with van der Waals surface area (Å²) in [4.78, 5) is 23.6. The van der Waals surface area contributed by atoms with Gasteiger partial charge < -0.3 is 10.6 Å². The minimum Gasteiger partial charge on any atom is -0.361 e. The lowest BCUT2D eigenvalue weighted by Crippen LogP contribution is -2.40. The molecule has 2 N–H and O–H groups in total. The Labute approximate surface area is 88.7 Å². The molecule has 0 saturated carbocycles. The molecular formula is C11H14N2O2. The molecule has 15 heavy (non-hydrogen) atoms. The summed E-state index contributed by atoms with van der Waals surface area (Å²) in [6, 6.07) is 7.37. The standard InChI is InChI=1S/C11H14N2O2/c1-3-13(11(15)10(12)14)9-6-4-5-8(2)7-9/h4-7H,3H2,1-2H3,(H2,12,14). The van der Waals surface area contributed by atoms with E-state index in [1.165, 1.54) is 4.90 Å². The number of benzene rings is 1. The number of primary amides is 1. The minimum absolute atomic E-state index is 0.422. The molecule has 1 aromatic rings. The number of nitrogens with zero attached hydrogens (tertiary/aromatic N) is 1. The molecule has 2 amide bonds. The summed E-state index contributed by atoms with van der Waals surface area (Å²) in [7, 11) is 0. The van der Waals surface area contributed by atoms with Gasteiger partial charge in [-0.1, -0.05) is 12.1 Å². The molecule has 0 spiro atoms. The van der Waals surface area contributed by atoms with E-state index in [9.17, 15) is 9.59 Å². The number of carbonyl (C=O) groups is 2. The highest BCUT2D eigenvalue weighted by Gasteiger charge is 2.18. The second-order valence-electron chi connectivity index (χ2n) is 3.25. The van der Waals surface area contributed by atoms with E-state index < -0.39 is 11.8 Å². The number of likely N-dealkylation sites (N-methyl/N-ethyl adjacent to an activating group) is 1. The van der Waals surface area contributed by atoms with Crippen LogP contribution in [0.25, 0.3) is 0 Å². The molecule has 0 atom stereocenters. The van der Waals surface area contributed by atoms with Crippen LogP contribution in [0.4, 0.5) is 5.69 Å². The Bertz CT molecular complexity index is 388. The van der Waals surface area contributed by atoms with Crippen LogP contribution in [0.2, 0.25) is 0 Å². The predicted molar refractivity (Wildman–Crippen MR) is 58.4 cm³/mol. The molecule has 1 aromatic carbocycles. The number of hydrogen-bond acceptors (Lipinski definition) is 2. The Morgan fingerprint density at radius 2 is 2.07 bits per heavy atom. The second-order valence-corrected chi connectivity index (χ2v) is 3.25. The van der Waals surface area contributed by atoms with Crippen LogP contribution in [0, 0.1) is 6.92 Å². The van der Waals surface area contributed by atoms with Crippen LogP contribution in [-0.4, -0.2) is 18.4 Å². The maximum absolute atomic E-state index is 11.4. The third-order valence-electron chi connectivity index (χ3n) is 2.09. The highest BCUT2D eigenvalue weighted by atomic mass is 16.2. The summed E-state index contributed by atoms with van der Waals surface area (Å²) in [5.41, 5.74) is 6.68. The van der Waals surface area contributed by atoms with E-state index in [4.69, 9.17) is 5.73 Å². The Morgan fingerprint density at radius 3 is 2.53 bits per heavy atom. The summed E-state index contributed by atoms with van der Waals surface area (Å²) in [6.45, 7) is 4.14. The zero-order valence-electron chi connectivity index (χ0n) is 8.86. The SMILES string of the molecule is CCN(C(=O)C(N)=O)c1cccc(C)c1. The number of amides is 2. The van der Waals surface area contributed by atoms with Crippen LogP contribution in [0.5, 0.6) is 0 Å². The summed E-state index contributed by atoms with van der Waals surface area (Å²) >= 11 is 0. The first-order valence-corrected chi connectivity index (χ1v) is 4.74. The van der Waals surface area contributed by atoms with E-state index >= 15 is 0 Å². The second kappa shape index (κ2) is 4.59. The van der Waals surface area contributed by atoms with Crippen molar-refractivity contribution < 1.29 is 9.59 Å². The number of carbonyl (C=O) groups excluding carboxylic acids is 2. The van der Waals surface area contributed by atoms with Crippen LogP contribution in [-0.2, 0) is 9.59 Å². The molecular weight excluding hydrogens is 192 g/mol. The van der Waals surface area contributed by atoms with Gasteiger partial charge in [0.1, 0.15) is 0 Å². The van der Waals surface area contributed by atoms with Crippen LogP contribution < -0.4 is 10.6 Å². The lowest BCUT2D eigenvalue weighted by Gasteiger charge is -2.19. The average molecular weight is 206 g/mol. The van der Waals surface area contributed by atoms with Gasteiger partial charge in [-0.2, -0.15) is 0 Å². The highest BCUT2D eigenvalue weighted by molar-refractivity contribution is 6.39. The summed E-state index contributed by atoms with van der Waals surface area (Å²) in [5.74, 6) is -1.61. The molecule has 0 heterocycles. The van der Waals surface area contributed by atoms with Crippen molar-refractivity contribution in [3.8, 4) is 0 Å². The van der Waals surface area contributed by atoms with Crippen LogP contribution >= 0.6 is 0 Å². The Balaban J connectivity index is 3.02. The molecule has 1 rings (SSSR count). The average Bonchev–Trinajstić information content (AvgIpc) is 2.18. The van der Waals surface area contributed by atoms with Gasteiger partial charge in [-0.05, 0) is 31.5 Å². The Kier molecular flexibility index (Phi) is 3.44. The van der Waals surface area contributed by atoms with Gasteiger partial charge in [0.15, 0.2) is 0 Å². The quantitative estimate of drug-likeness (QED) is 0.728. The van der Waals surface area contributed by atoms with E-state index in [2.05, 4.69) is 0 Å². The van der Waals surface area contributed by atoms with Crippen molar-refractivity contribution in [2.24, 2.45) is 5.73 Å². The van der Waals surface area contributed by atoms with E-state index in [0.29, 0.717) is 12.2 Å². The fourth-order valence-corrected chi connectivity index (χ4v) is 1.37. The van der Waals surface area contributed by atoms with Crippen molar-refractivity contribution in [1.29, 1.82) is 0 Å². The van der Waals surface area contributed by atoms with Crippen molar-refractivity contribution in [2.45, 2.75) is 13.8 Å².